The summed E-state index contributed by atoms with van der Waals surface area (Å²) in [4.78, 5) is 23.5. The number of halogens is 1. The fourth-order valence-electron chi connectivity index (χ4n) is 3.61. The maximum absolute atomic E-state index is 13.1. The van der Waals surface area contributed by atoms with Crippen molar-refractivity contribution in [2.75, 3.05) is 13.1 Å². The molecule has 0 spiro atoms. The zero-order valence-electron chi connectivity index (χ0n) is 15.9. The van der Waals surface area contributed by atoms with Gasteiger partial charge in [0.2, 0.25) is 0 Å². The highest BCUT2D eigenvalue weighted by atomic mass is 19.1. The lowest BCUT2D eigenvalue weighted by molar-refractivity contribution is 0.0712. The number of hydrogen-bond donors (Lipinski definition) is 0. The molecular weight excluding hydrogens is 359 g/mol. The molecule has 0 unspecified atom stereocenters. The lowest BCUT2D eigenvalue weighted by Crippen LogP contribution is -2.38. The molecule has 0 radical (unpaired) electrons. The number of nitrogens with zero attached hydrogens (tertiary/aromatic N) is 4. The molecular formula is C21H21FN4O2. The highest BCUT2D eigenvalue weighted by Crippen LogP contribution is 2.34. The Morgan fingerprint density at radius 2 is 1.89 bits per heavy atom. The van der Waals surface area contributed by atoms with E-state index in [1.807, 2.05) is 24.8 Å². The summed E-state index contributed by atoms with van der Waals surface area (Å²) in [7, 11) is 0. The van der Waals surface area contributed by atoms with E-state index in [0.717, 1.165) is 29.8 Å². The van der Waals surface area contributed by atoms with Crippen LogP contribution >= 0.6 is 0 Å². The van der Waals surface area contributed by atoms with Crippen molar-refractivity contribution in [3.8, 4) is 11.3 Å². The number of amides is 1. The van der Waals surface area contributed by atoms with Crippen LogP contribution in [0.5, 0.6) is 0 Å². The predicted molar refractivity (Wildman–Crippen MR) is 101 cm³/mol. The molecule has 3 aromatic rings. The van der Waals surface area contributed by atoms with Crippen molar-refractivity contribution in [3.05, 3.63) is 65.1 Å². The first-order valence-corrected chi connectivity index (χ1v) is 9.33. The van der Waals surface area contributed by atoms with Crippen molar-refractivity contribution in [1.82, 2.24) is 20.0 Å². The molecule has 28 heavy (non-hydrogen) atoms. The number of benzene rings is 1. The van der Waals surface area contributed by atoms with Gasteiger partial charge in [0.05, 0.1) is 17.0 Å². The molecule has 144 valence electrons. The molecule has 1 aliphatic rings. The van der Waals surface area contributed by atoms with Crippen molar-refractivity contribution >= 4 is 5.91 Å². The minimum atomic E-state index is -0.343. The van der Waals surface area contributed by atoms with Crippen LogP contribution in [0.4, 0.5) is 4.39 Å². The number of hydrogen-bond acceptors (Lipinski definition) is 5. The van der Waals surface area contributed by atoms with E-state index in [-0.39, 0.29) is 17.6 Å². The quantitative estimate of drug-likeness (QED) is 0.689. The Morgan fingerprint density at radius 1 is 1.18 bits per heavy atom. The number of aryl methyl sites for hydroxylation is 2. The molecule has 1 fully saturated rings. The van der Waals surface area contributed by atoms with Gasteiger partial charge in [-0.3, -0.25) is 4.79 Å². The van der Waals surface area contributed by atoms with Gasteiger partial charge in [0.1, 0.15) is 11.6 Å². The maximum Gasteiger partial charge on any atom is 0.253 e. The lowest BCUT2D eigenvalue weighted by atomic mass is 9.90. The summed E-state index contributed by atoms with van der Waals surface area (Å²) in [5, 5.41) is 3.97. The number of piperidine rings is 1. The molecule has 0 atom stereocenters. The zero-order chi connectivity index (χ0) is 19.7. The van der Waals surface area contributed by atoms with E-state index in [2.05, 4.69) is 15.1 Å². The zero-order valence-corrected chi connectivity index (χ0v) is 15.9. The molecule has 0 aliphatic carbocycles. The van der Waals surface area contributed by atoms with Gasteiger partial charge in [-0.25, -0.2) is 14.4 Å². The van der Waals surface area contributed by atoms with E-state index in [9.17, 15) is 9.18 Å². The van der Waals surface area contributed by atoms with Crippen molar-refractivity contribution in [2.24, 2.45) is 0 Å². The standard InChI is InChI=1S/C21H21FN4O2/c1-13-11-19(28-25-13)18-12-23-14(2)24-20(18)15-7-9-26(10-8-15)21(27)16-3-5-17(22)6-4-16/h3-6,11-12,15H,7-10H2,1-2H3. The average molecular weight is 380 g/mol. The van der Waals surface area contributed by atoms with Gasteiger partial charge in [0.25, 0.3) is 5.91 Å². The summed E-state index contributed by atoms with van der Waals surface area (Å²) >= 11 is 0. The van der Waals surface area contributed by atoms with Crippen LogP contribution in [-0.4, -0.2) is 39.0 Å². The first kappa shape index (κ1) is 18.3. The second-order valence-corrected chi connectivity index (χ2v) is 7.12. The van der Waals surface area contributed by atoms with E-state index in [1.165, 1.54) is 24.3 Å². The van der Waals surface area contributed by atoms with E-state index < -0.39 is 0 Å². The molecule has 0 bridgehead atoms. The van der Waals surface area contributed by atoms with Crippen LogP contribution in [-0.2, 0) is 0 Å². The van der Waals surface area contributed by atoms with Crippen molar-refractivity contribution < 1.29 is 13.7 Å². The second-order valence-electron chi connectivity index (χ2n) is 7.12. The Bertz CT molecular complexity index is 992. The number of likely N-dealkylation sites (tertiary alicyclic amines) is 1. The second kappa shape index (κ2) is 7.50. The number of rotatable bonds is 3. The van der Waals surface area contributed by atoms with Crippen molar-refractivity contribution in [3.63, 3.8) is 0 Å². The van der Waals surface area contributed by atoms with Crippen molar-refractivity contribution in [2.45, 2.75) is 32.6 Å². The SMILES string of the molecule is Cc1cc(-c2cnc(C)nc2C2CCN(C(=O)c3ccc(F)cc3)CC2)on1. The van der Waals surface area contributed by atoms with Gasteiger partial charge in [-0.05, 0) is 51.0 Å². The fourth-order valence-corrected chi connectivity index (χ4v) is 3.61. The summed E-state index contributed by atoms with van der Waals surface area (Å²) in [5.41, 5.74) is 3.11. The smallest absolute Gasteiger partial charge is 0.253 e. The third-order valence-corrected chi connectivity index (χ3v) is 5.09. The first-order valence-electron chi connectivity index (χ1n) is 9.33. The van der Waals surface area contributed by atoms with Gasteiger partial charge in [0.15, 0.2) is 5.76 Å². The molecule has 7 heteroatoms. The van der Waals surface area contributed by atoms with Gasteiger partial charge in [-0.15, -0.1) is 0 Å². The molecule has 4 rings (SSSR count). The van der Waals surface area contributed by atoms with Gasteiger partial charge >= 0.3 is 0 Å². The summed E-state index contributed by atoms with van der Waals surface area (Å²) in [6.45, 7) is 4.99. The molecule has 1 saturated heterocycles. The Hall–Kier alpha value is -3.09. The third kappa shape index (κ3) is 3.65. The van der Waals surface area contributed by atoms with Gasteiger partial charge < -0.3 is 9.42 Å². The van der Waals surface area contributed by atoms with Gasteiger partial charge in [-0.1, -0.05) is 5.16 Å². The molecule has 6 nitrogen and oxygen atoms in total. The van der Waals surface area contributed by atoms with E-state index in [0.29, 0.717) is 30.2 Å². The number of aromatic nitrogens is 3. The maximum atomic E-state index is 13.1. The summed E-state index contributed by atoms with van der Waals surface area (Å²) in [5.74, 6) is 1.17. The Morgan fingerprint density at radius 3 is 2.54 bits per heavy atom. The van der Waals surface area contributed by atoms with Crippen LogP contribution in [0.3, 0.4) is 0 Å². The third-order valence-electron chi connectivity index (χ3n) is 5.09. The van der Waals surface area contributed by atoms with E-state index in [1.54, 1.807) is 6.20 Å². The first-order chi connectivity index (χ1) is 13.5. The number of carbonyl (C=O) groups is 1. The topological polar surface area (TPSA) is 72.1 Å². The monoisotopic (exact) mass is 380 g/mol. The largest absolute Gasteiger partial charge is 0.356 e. The lowest BCUT2D eigenvalue weighted by Gasteiger charge is -2.32. The summed E-state index contributed by atoms with van der Waals surface area (Å²) in [6.07, 6.45) is 3.38. The Kier molecular flexibility index (Phi) is 4.90. The van der Waals surface area contributed by atoms with Crippen LogP contribution in [0.25, 0.3) is 11.3 Å². The molecule has 3 heterocycles. The van der Waals surface area contributed by atoms with E-state index >= 15 is 0 Å². The average Bonchev–Trinajstić information content (AvgIpc) is 3.14. The summed E-state index contributed by atoms with van der Waals surface area (Å²) in [6, 6.07) is 7.57. The predicted octanol–water partition coefficient (Wildman–Crippen LogP) is 3.91. The van der Waals surface area contributed by atoms with Crippen LogP contribution in [0.15, 0.2) is 41.1 Å². The molecule has 1 amide bonds. The molecule has 1 aliphatic heterocycles. The molecule has 2 aromatic heterocycles. The molecule has 0 saturated carbocycles. The summed E-state index contributed by atoms with van der Waals surface area (Å²) < 4.78 is 18.5. The molecule has 0 N–H and O–H groups in total. The van der Waals surface area contributed by atoms with Crippen molar-refractivity contribution in [1.29, 1.82) is 0 Å². The van der Waals surface area contributed by atoms with Crippen LogP contribution in [0.2, 0.25) is 0 Å². The Labute approximate surface area is 162 Å². The van der Waals surface area contributed by atoms with Gasteiger partial charge in [-0.2, -0.15) is 0 Å². The fraction of sp³-hybridized carbons (Fsp3) is 0.333. The highest BCUT2D eigenvalue weighted by molar-refractivity contribution is 5.94. The van der Waals surface area contributed by atoms with Crippen LogP contribution < -0.4 is 0 Å². The normalized spacial score (nSPS) is 15.0. The van der Waals surface area contributed by atoms with Crippen LogP contribution in [0.1, 0.15) is 46.3 Å². The number of carbonyl (C=O) groups excluding carboxylic acids is 1. The Balaban J connectivity index is 1.52. The minimum Gasteiger partial charge on any atom is -0.356 e. The molecule has 1 aromatic carbocycles. The minimum absolute atomic E-state index is 0.0663. The van der Waals surface area contributed by atoms with E-state index in [4.69, 9.17) is 4.52 Å². The highest BCUT2D eigenvalue weighted by Gasteiger charge is 2.28. The van der Waals surface area contributed by atoms with Gasteiger partial charge in [0, 0.05) is 36.8 Å². The van der Waals surface area contributed by atoms with Crippen LogP contribution in [0, 0.1) is 19.7 Å².